The van der Waals surface area contributed by atoms with E-state index >= 15 is 0 Å². The van der Waals surface area contributed by atoms with Gasteiger partial charge in [0, 0.05) is 34.5 Å². The summed E-state index contributed by atoms with van der Waals surface area (Å²) in [6.45, 7) is 1.87. The van der Waals surface area contributed by atoms with Gasteiger partial charge in [-0.15, -0.1) is 11.3 Å². The lowest BCUT2D eigenvalue weighted by atomic mass is 10.1. The highest BCUT2D eigenvalue weighted by atomic mass is 32.2. The van der Waals surface area contributed by atoms with Crippen LogP contribution in [0.1, 0.15) is 21.5 Å². The number of hydrogen-bond acceptors (Lipinski definition) is 7. The van der Waals surface area contributed by atoms with Crippen LogP contribution in [-0.2, 0) is 25.8 Å². The number of nitrogens with one attached hydrogen (secondary N) is 2. The predicted octanol–water partition coefficient (Wildman–Crippen LogP) is 5.41. The first kappa shape index (κ1) is 26.3. The van der Waals surface area contributed by atoms with Crippen molar-refractivity contribution in [1.82, 2.24) is 9.97 Å². The van der Waals surface area contributed by atoms with Crippen LogP contribution in [0.5, 0.6) is 0 Å². The molecule has 8 nitrogen and oxygen atoms in total. The molecule has 2 aromatic heterocycles. The molecule has 1 unspecified atom stereocenters. The molecule has 39 heavy (non-hydrogen) atoms. The molecule has 2 heterocycles. The number of carbonyl (C=O) groups excluding carboxylic acids is 2. The molecule has 5 aromatic rings. The highest BCUT2D eigenvalue weighted by Gasteiger charge is 2.35. The molecule has 0 bridgehead atoms. The largest absolute Gasteiger partial charge is 0.465 e. The van der Waals surface area contributed by atoms with Crippen LogP contribution in [0.4, 0.5) is 5.13 Å². The lowest BCUT2D eigenvalue weighted by Gasteiger charge is -2.17. The summed E-state index contributed by atoms with van der Waals surface area (Å²) in [6.07, 6.45) is 1.73. The second kappa shape index (κ2) is 10.8. The number of esters is 1. The maximum absolute atomic E-state index is 13.8. The van der Waals surface area contributed by atoms with Crippen LogP contribution in [-0.4, -0.2) is 42.6 Å². The van der Waals surface area contributed by atoms with Gasteiger partial charge in [0.1, 0.15) is 5.25 Å². The third-order valence-electron chi connectivity index (χ3n) is 6.43. The summed E-state index contributed by atoms with van der Waals surface area (Å²) >= 11 is 1.19. The Bertz CT molecular complexity index is 1750. The van der Waals surface area contributed by atoms with Gasteiger partial charge in [-0.1, -0.05) is 48.0 Å². The number of aryl methyl sites for hydroxylation is 1. The predicted molar refractivity (Wildman–Crippen MR) is 152 cm³/mol. The number of carbonyl (C=O) groups is 2. The average molecular weight is 560 g/mol. The number of anilines is 1. The van der Waals surface area contributed by atoms with Crippen molar-refractivity contribution in [3.05, 3.63) is 101 Å². The van der Waals surface area contributed by atoms with Crippen LogP contribution in [0.2, 0.25) is 0 Å². The third-order valence-corrected chi connectivity index (χ3v) is 9.25. The number of amides is 1. The zero-order chi connectivity index (χ0) is 27.6. The first-order valence-corrected chi connectivity index (χ1v) is 14.5. The van der Waals surface area contributed by atoms with Crippen molar-refractivity contribution in [3.8, 4) is 11.3 Å². The third kappa shape index (κ3) is 5.47. The molecule has 0 spiro atoms. The van der Waals surface area contributed by atoms with Crippen LogP contribution in [0.25, 0.3) is 22.2 Å². The molecule has 0 aliphatic rings. The van der Waals surface area contributed by atoms with Crippen LogP contribution < -0.4 is 5.32 Å². The topological polar surface area (TPSA) is 118 Å². The van der Waals surface area contributed by atoms with Crippen molar-refractivity contribution < 1.29 is 22.7 Å². The summed E-state index contributed by atoms with van der Waals surface area (Å²) in [4.78, 5) is 33.0. The lowest BCUT2D eigenvalue weighted by Crippen LogP contribution is -2.37. The molecule has 3 aromatic carbocycles. The molecular weight excluding hydrogens is 534 g/mol. The number of ether oxygens (including phenoxy) is 1. The molecular formula is C29H25N3O5S2. The van der Waals surface area contributed by atoms with Gasteiger partial charge in [0.2, 0.25) is 5.91 Å². The number of nitrogens with zero attached hydrogens (tertiary/aromatic N) is 1. The Morgan fingerprint density at radius 2 is 1.74 bits per heavy atom. The van der Waals surface area contributed by atoms with E-state index in [4.69, 9.17) is 4.74 Å². The summed E-state index contributed by atoms with van der Waals surface area (Å²) in [5, 5.41) is 4.23. The van der Waals surface area contributed by atoms with E-state index in [0.29, 0.717) is 11.3 Å². The highest BCUT2D eigenvalue weighted by molar-refractivity contribution is 7.92. The molecule has 2 N–H and O–H groups in total. The van der Waals surface area contributed by atoms with Crippen molar-refractivity contribution >= 4 is 49.1 Å². The number of benzene rings is 3. The maximum Gasteiger partial charge on any atom is 0.337 e. The summed E-state index contributed by atoms with van der Waals surface area (Å²) in [6, 6.07) is 20.8. The Labute approximate surface area is 229 Å². The average Bonchev–Trinajstić information content (AvgIpc) is 3.58. The molecule has 0 saturated carbocycles. The second-order valence-corrected chi connectivity index (χ2v) is 12.0. The van der Waals surface area contributed by atoms with Gasteiger partial charge in [-0.05, 0) is 42.8 Å². The summed E-state index contributed by atoms with van der Waals surface area (Å²) in [5.74, 6) is -1.10. The van der Waals surface area contributed by atoms with Crippen LogP contribution >= 0.6 is 11.3 Å². The zero-order valence-electron chi connectivity index (χ0n) is 21.2. The number of thiazole rings is 1. The van der Waals surface area contributed by atoms with Crippen LogP contribution in [0.3, 0.4) is 0 Å². The van der Waals surface area contributed by atoms with Gasteiger partial charge in [-0.3, -0.25) is 4.79 Å². The van der Waals surface area contributed by atoms with Crippen molar-refractivity contribution in [2.45, 2.75) is 23.5 Å². The van der Waals surface area contributed by atoms with E-state index in [0.717, 1.165) is 27.6 Å². The first-order chi connectivity index (χ1) is 18.8. The van der Waals surface area contributed by atoms with Gasteiger partial charge >= 0.3 is 5.97 Å². The number of aromatic nitrogens is 2. The fraction of sp³-hybridized carbons (Fsp3) is 0.138. The number of sulfone groups is 1. The van der Waals surface area contributed by atoms with Crippen molar-refractivity contribution in [2.75, 3.05) is 12.4 Å². The fourth-order valence-electron chi connectivity index (χ4n) is 4.28. The number of H-pyrrole nitrogens is 1. The summed E-state index contributed by atoms with van der Waals surface area (Å²) < 4.78 is 32.2. The van der Waals surface area contributed by atoms with E-state index in [-0.39, 0.29) is 16.4 Å². The molecule has 0 aliphatic heterocycles. The Hall–Kier alpha value is -4.28. The summed E-state index contributed by atoms with van der Waals surface area (Å²) in [7, 11) is -2.72. The maximum atomic E-state index is 13.8. The number of hydrogen-bond donors (Lipinski definition) is 2. The van der Waals surface area contributed by atoms with E-state index in [1.54, 1.807) is 48.0 Å². The van der Waals surface area contributed by atoms with Gasteiger partial charge in [-0.25, -0.2) is 18.2 Å². The Morgan fingerprint density at radius 3 is 2.46 bits per heavy atom. The molecule has 0 aliphatic carbocycles. The standard InChI is InChI=1S/C29H25N3O5S2/c1-18-7-13-22(14-8-18)39(35,36)26(15-21-16-30-24-6-4-3-5-23(21)24)27(33)32-29-31-25(17-38-29)19-9-11-20(12-10-19)28(34)37-2/h3-14,16-17,26,30H,15H2,1-2H3,(H,31,32,33). The fourth-order valence-corrected chi connectivity index (χ4v) is 6.59. The Balaban J connectivity index is 1.44. The van der Waals surface area contributed by atoms with Crippen LogP contribution in [0.15, 0.2) is 89.3 Å². The van der Waals surface area contributed by atoms with E-state index in [9.17, 15) is 18.0 Å². The number of fused-ring (bicyclic) bond motifs is 1. The van der Waals surface area contributed by atoms with Crippen molar-refractivity contribution in [1.29, 1.82) is 0 Å². The number of para-hydroxylation sites is 1. The molecule has 5 rings (SSSR count). The monoisotopic (exact) mass is 559 g/mol. The van der Waals surface area contributed by atoms with Gasteiger partial charge in [0.25, 0.3) is 0 Å². The molecule has 0 radical (unpaired) electrons. The minimum absolute atomic E-state index is 0.0146. The van der Waals surface area contributed by atoms with Gasteiger partial charge < -0.3 is 15.0 Å². The van der Waals surface area contributed by atoms with E-state index in [2.05, 4.69) is 15.3 Å². The molecule has 1 atom stereocenters. The molecule has 198 valence electrons. The Morgan fingerprint density at radius 1 is 1.03 bits per heavy atom. The number of methoxy groups -OCH3 is 1. The van der Waals surface area contributed by atoms with Crippen molar-refractivity contribution in [3.63, 3.8) is 0 Å². The molecule has 1 amide bonds. The highest BCUT2D eigenvalue weighted by Crippen LogP contribution is 2.28. The van der Waals surface area contributed by atoms with Gasteiger partial charge in [-0.2, -0.15) is 0 Å². The summed E-state index contributed by atoms with van der Waals surface area (Å²) in [5.41, 5.74) is 4.24. The Kier molecular flexibility index (Phi) is 7.32. The van der Waals surface area contributed by atoms with E-state index in [1.165, 1.54) is 30.6 Å². The second-order valence-electron chi connectivity index (χ2n) is 9.01. The number of aromatic amines is 1. The smallest absolute Gasteiger partial charge is 0.337 e. The SMILES string of the molecule is COC(=O)c1ccc(-c2csc(NC(=O)C(Cc3c[nH]c4ccccc34)S(=O)(=O)c3ccc(C)cc3)n2)cc1. The number of rotatable bonds is 8. The first-order valence-electron chi connectivity index (χ1n) is 12.1. The van der Waals surface area contributed by atoms with E-state index < -0.39 is 27.0 Å². The quantitative estimate of drug-likeness (QED) is 0.246. The van der Waals surface area contributed by atoms with Crippen LogP contribution in [0, 0.1) is 6.92 Å². The van der Waals surface area contributed by atoms with Crippen molar-refractivity contribution in [2.24, 2.45) is 0 Å². The zero-order valence-corrected chi connectivity index (χ0v) is 22.8. The minimum atomic E-state index is -4.04. The minimum Gasteiger partial charge on any atom is -0.465 e. The molecule has 0 fully saturated rings. The van der Waals surface area contributed by atoms with E-state index in [1.807, 2.05) is 31.2 Å². The van der Waals surface area contributed by atoms with Gasteiger partial charge in [0.15, 0.2) is 15.0 Å². The lowest BCUT2D eigenvalue weighted by molar-refractivity contribution is -0.115. The van der Waals surface area contributed by atoms with Gasteiger partial charge in [0.05, 0.1) is 23.3 Å². The normalized spacial score (nSPS) is 12.3. The molecule has 0 saturated heterocycles. The molecule has 10 heteroatoms.